The quantitative estimate of drug-likeness (QED) is 0.122. The third kappa shape index (κ3) is 4.89. The molecule has 1 aliphatic rings. The Kier molecular flexibility index (Phi) is 6.58. The summed E-state index contributed by atoms with van der Waals surface area (Å²) in [5, 5.41) is 20.6. The number of fused-ring (bicyclic) bond motifs is 3. The fraction of sp³-hybridized carbons (Fsp3) is 0. The van der Waals surface area contributed by atoms with Crippen molar-refractivity contribution in [2.45, 2.75) is 0 Å². The van der Waals surface area contributed by atoms with Crippen LogP contribution in [0.3, 0.4) is 0 Å². The molecule has 0 bridgehead atoms. The number of nitrogens with zero attached hydrogens (tertiary/aromatic N) is 2. The maximum atomic E-state index is 8.90. The minimum Gasteiger partial charge on any atom is -0.299 e. The SMILES string of the molecule is N=C1C=C(c2c3ccccc3c(-c3ccc4ccccc4c3)c3ccccc23)C=C/C1=N/Nc1ccc(-c2cccnc2)cc1. The Hall–Kier alpha value is -6.13. The third-order valence-electron chi connectivity index (χ3n) is 8.44. The summed E-state index contributed by atoms with van der Waals surface area (Å²) in [6, 6.07) is 44.5. The molecule has 0 atom stereocenters. The molecule has 0 radical (unpaired) electrons. The normalized spacial score (nSPS) is 13.9. The van der Waals surface area contributed by atoms with E-state index in [0.29, 0.717) is 11.4 Å². The Bertz CT molecular complexity index is 2290. The molecular formula is C41H28N4. The minimum atomic E-state index is 0.360. The fourth-order valence-electron chi connectivity index (χ4n) is 6.28. The number of hydrogen-bond donors (Lipinski definition) is 2. The van der Waals surface area contributed by atoms with E-state index in [9.17, 15) is 0 Å². The van der Waals surface area contributed by atoms with Crippen LogP contribution in [0.4, 0.5) is 5.69 Å². The molecule has 4 heteroatoms. The van der Waals surface area contributed by atoms with Gasteiger partial charge in [-0.05, 0) is 102 Å². The number of anilines is 1. The zero-order valence-electron chi connectivity index (χ0n) is 24.4. The predicted octanol–water partition coefficient (Wildman–Crippen LogP) is 10.3. The molecule has 2 N–H and O–H groups in total. The van der Waals surface area contributed by atoms with Gasteiger partial charge in [0.2, 0.25) is 0 Å². The number of pyridine rings is 1. The van der Waals surface area contributed by atoms with Crippen molar-refractivity contribution in [3.05, 3.63) is 164 Å². The van der Waals surface area contributed by atoms with Gasteiger partial charge in [-0.15, -0.1) is 0 Å². The fourth-order valence-corrected chi connectivity index (χ4v) is 6.28. The Balaban J connectivity index is 1.16. The number of rotatable bonds is 5. The zero-order chi connectivity index (χ0) is 30.2. The van der Waals surface area contributed by atoms with Gasteiger partial charge in [0, 0.05) is 12.4 Å². The summed E-state index contributed by atoms with van der Waals surface area (Å²) in [6.07, 6.45) is 9.55. The first kappa shape index (κ1) is 26.5. The second-order valence-corrected chi connectivity index (χ2v) is 11.2. The zero-order valence-corrected chi connectivity index (χ0v) is 24.4. The molecule has 0 spiro atoms. The monoisotopic (exact) mass is 576 g/mol. The second-order valence-electron chi connectivity index (χ2n) is 11.2. The smallest absolute Gasteiger partial charge is 0.108 e. The average Bonchev–Trinajstić information content (AvgIpc) is 3.10. The van der Waals surface area contributed by atoms with Crippen LogP contribution < -0.4 is 5.43 Å². The van der Waals surface area contributed by atoms with Gasteiger partial charge in [-0.25, -0.2) is 0 Å². The lowest BCUT2D eigenvalue weighted by Gasteiger charge is -2.19. The molecule has 8 rings (SSSR count). The number of hydrogen-bond acceptors (Lipinski definition) is 4. The minimum absolute atomic E-state index is 0.360. The van der Waals surface area contributed by atoms with Crippen LogP contribution in [0.2, 0.25) is 0 Å². The highest BCUT2D eigenvalue weighted by atomic mass is 15.3. The summed E-state index contributed by atoms with van der Waals surface area (Å²) in [5.74, 6) is 0. The molecule has 4 nitrogen and oxygen atoms in total. The van der Waals surface area contributed by atoms with Gasteiger partial charge in [-0.1, -0.05) is 109 Å². The molecule has 45 heavy (non-hydrogen) atoms. The van der Waals surface area contributed by atoms with Crippen molar-refractivity contribution in [3.8, 4) is 22.3 Å². The van der Waals surface area contributed by atoms with Crippen LogP contribution in [-0.4, -0.2) is 16.4 Å². The van der Waals surface area contributed by atoms with Crippen molar-refractivity contribution in [2.24, 2.45) is 5.10 Å². The van der Waals surface area contributed by atoms with E-state index in [-0.39, 0.29) is 0 Å². The van der Waals surface area contributed by atoms with E-state index in [2.05, 4.69) is 113 Å². The van der Waals surface area contributed by atoms with Crippen molar-refractivity contribution >= 4 is 55.0 Å². The number of aromatic nitrogens is 1. The van der Waals surface area contributed by atoms with Crippen LogP contribution in [0.5, 0.6) is 0 Å². The van der Waals surface area contributed by atoms with Gasteiger partial charge in [0.15, 0.2) is 0 Å². The molecule has 1 aromatic heterocycles. The van der Waals surface area contributed by atoms with Crippen LogP contribution in [0.1, 0.15) is 5.56 Å². The molecule has 1 aliphatic carbocycles. The van der Waals surface area contributed by atoms with Crippen molar-refractivity contribution < 1.29 is 0 Å². The lowest BCUT2D eigenvalue weighted by molar-refractivity contribution is 1.32. The largest absolute Gasteiger partial charge is 0.299 e. The topological polar surface area (TPSA) is 61.1 Å². The molecule has 0 fully saturated rings. The van der Waals surface area contributed by atoms with E-state index in [1.807, 2.05) is 54.7 Å². The molecule has 0 amide bonds. The molecule has 0 saturated heterocycles. The number of nitrogens with one attached hydrogen (secondary N) is 2. The molecule has 1 heterocycles. The Morgan fingerprint density at radius 1 is 0.556 bits per heavy atom. The molecule has 6 aromatic carbocycles. The average molecular weight is 577 g/mol. The summed E-state index contributed by atoms with van der Waals surface area (Å²) >= 11 is 0. The first-order valence-corrected chi connectivity index (χ1v) is 15.0. The van der Waals surface area contributed by atoms with Gasteiger partial charge in [0.25, 0.3) is 0 Å². The Morgan fingerprint density at radius 2 is 1.20 bits per heavy atom. The van der Waals surface area contributed by atoms with E-state index < -0.39 is 0 Å². The van der Waals surface area contributed by atoms with Crippen LogP contribution >= 0.6 is 0 Å². The van der Waals surface area contributed by atoms with E-state index in [1.54, 1.807) is 6.20 Å². The molecule has 0 unspecified atom stereocenters. The standard InChI is InChI=1S/C41H28N4/c42-38-25-31(19-22-39(38)45-44-33-20-17-28(18-21-33)32-10-7-23-43-26-32)41-36-13-5-3-11-34(36)40(35-12-4-6-14-37(35)41)30-16-15-27-8-1-2-9-29(27)24-30/h1-26,42,44H/b42-38?,45-39-. The third-order valence-corrected chi connectivity index (χ3v) is 8.44. The number of allylic oxidation sites excluding steroid dienone is 4. The Morgan fingerprint density at radius 3 is 1.87 bits per heavy atom. The predicted molar refractivity (Wildman–Crippen MR) is 190 cm³/mol. The molecule has 212 valence electrons. The summed E-state index contributed by atoms with van der Waals surface area (Å²) in [7, 11) is 0. The van der Waals surface area contributed by atoms with Gasteiger partial charge >= 0.3 is 0 Å². The van der Waals surface area contributed by atoms with Crippen molar-refractivity contribution in [1.82, 2.24) is 4.98 Å². The molecule has 7 aromatic rings. The number of hydrazone groups is 1. The van der Waals surface area contributed by atoms with E-state index in [0.717, 1.165) is 38.7 Å². The number of benzene rings is 6. The highest BCUT2D eigenvalue weighted by Gasteiger charge is 2.19. The van der Waals surface area contributed by atoms with Crippen molar-refractivity contribution in [2.75, 3.05) is 5.43 Å². The first-order valence-electron chi connectivity index (χ1n) is 15.0. The summed E-state index contributed by atoms with van der Waals surface area (Å²) < 4.78 is 0. The maximum absolute atomic E-state index is 8.90. The van der Waals surface area contributed by atoms with Crippen molar-refractivity contribution in [1.29, 1.82) is 5.41 Å². The lowest BCUT2D eigenvalue weighted by Crippen LogP contribution is -2.13. The Labute approximate surface area is 261 Å². The van der Waals surface area contributed by atoms with Crippen molar-refractivity contribution in [3.63, 3.8) is 0 Å². The molecule has 0 aliphatic heterocycles. The summed E-state index contributed by atoms with van der Waals surface area (Å²) in [6.45, 7) is 0. The lowest BCUT2D eigenvalue weighted by atomic mass is 9.84. The summed E-state index contributed by atoms with van der Waals surface area (Å²) in [5.41, 5.74) is 11.6. The maximum Gasteiger partial charge on any atom is 0.108 e. The molecule has 0 saturated carbocycles. The van der Waals surface area contributed by atoms with Crippen LogP contribution in [-0.2, 0) is 0 Å². The highest BCUT2D eigenvalue weighted by molar-refractivity contribution is 6.52. The second kappa shape index (κ2) is 11.2. The van der Waals surface area contributed by atoms with E-state index >= 15 is 0 Å². The molecular weight excluding hydrogens is 548 g/mol. The van der Waals surface area contributed by atoms with E-state index in [4.69, 9.17) is 5.41 Å². The van der Waals surface area contributed by atoms with Gasteiger partial charge in [0.1, 0.15) is 5.71 Å². The van der Waals surface area contributed by atoms with Gasteiger partial charge in [0.05, 0.1) is 11.4 Å². The van der Waals surface area contributed by atoms with Crippen LogP contribution in [0, 0.1) is 5.41 Å². The summed E-state index contributed by atoms with van der Waals surface area (Å²) in [4.78, 5) is 4.20. The first-order chi connectivity index (χ1) is 22.2. The highest BCUT2D eigenvalue weighted by Crippen LogP contribution is 2.43. The van der Waals surface area contributed by atoms with Gasteiger partial charge in [-0.3, -0.25) is 15.8 Å². The van der Waals surface area contributed by atoms with Gasteiger partial charge in [-0.2, -0.15) is 5.10 Å². The van der Waals surface area contributed by atoms with Crippen LogP contribution in [0.15, 0.2) is 163 Å². The van der Waals surface area contributed by atoms with Crippen LogP contribution in [0.25, 0.3) is 60.1 Å². The van der Waals surface area contributed by atoms with Gasteiger partial charge < -0.3 is 0 Å². The van der Waals surface area contributed by atoms with E-state index in [1.165, 1.54) is 32.7 Å².